The summed E-state index contributed by atoms with van der Waals surface area (Å²) in [4.78, 5) is 23.5. The summed E-state index contributed by atoms with van der Waals surface area (Å²) < 4.78 is 27.4. The number of hydrogen-bond donors (Lipinski definition) is 3. The van der Waals surface area contributed by atoms with Crippen molar-refractivity contribution in [3.8, 4) is 0 Å². The molecule has 0 unspecified atom stereocenters. The molecule has 3 rings (SSSR count). The number of hydrogen-bond acceptors (Lipinski definition) is 4. The van der Waals surface area contributed by atoms with Crippen LogP contribution in [0.25, 0.3) is 0 Å². The topological polar surface area (TPSA) is 104 Å². The first-order valence-corrected chi connectivity index (χ1v) is 11.3. The van der Waals surface area contributed by atoms with Gasteiger partial charge in [0.2, 0.25) is 15.9 Å². The summed E-state index contributed by atoms with van der Waals surface area (Å²) in [7, 11) is -3.59. The Morgan fingerprint density at radius 1 is 0.806 bits per heavy atom. The van der Waals surface area contributed by atoms with E-state index in [1.165, 1.54) is 6.92 Å². The van der Waals surface area contributed by atoms with Gasteiger partial charge in [0, 0.05) is 24.7 Å². The Labute approximate surface area is 181 Å². The maximum Gasteiger partial charge on any atom is 0.255 e. The number of carbonyl (C=O) groups is 2. The zero-order valence-corrected chi connectivity index (χ0v) is 17.8. The molecule has 0 atom stereocenters. The summed E-state index contributed by atoms with van der Waals surface area (Å²) in [6.45, 7) is 1.83. The van der Waals surface area contributed by atoms with Gasteiger partial charge in [-0.05, 0) is 41.5 Å². The van der Waals surface area contributed by atoms with E-state index in [1.807, 2.05) is 6.07 Å². The molecule has 2 amide bonds. The summed E-state index contributed by atoms with van der Waals surface area (Å²) in [6.07, 6.45) is 0. The highest BCUT2D eigenvalue weighted by atomic mass is 32.2. The molecule has 3 N–H and O–H groups in total. The van der Waals surface area contributed by atoms with Crippen molar-refractivity contribution < 1.29 is 18.0 Å². The van der Waals surface area contributed by atoms with Gasteiger partial charge in [0.05, 0.1) is 11.4 Å². The van der Waals surface area contributed by atoms with Gasteiger partial charge in [-0.2, -0.15) is 0 Å². The van der Waals surface area contributed by atoms with E-state index in [0.717, 1.165) is 5.56 Å². The molecule has 0 heterocycles. The van der Waals surface area contributed by atoms with Crippen LogP contribution in [0, 0.1) is 0 Å². The first kappa shape index (κ1) is 22.0. The molecule has 3 aromatic rings. The van der Waals surface area contributed by atoms with Gasteiger partial charge < -0.3 is 10.6 Å². The van der Waals surface area contributed by atoms with E-state index >= 15 is 0 Å². The van der Waals surface area contributed by atoms with Crippen molar-refractivity contribution in [2.45, 2.75) is 19.2 Å². The van der Waals surface area contributed by atoms with Crippen molar-refractivity contribution in [3.63, 3.8) is 0 Å². The van der Waals surface area contributed by atoms with Gasteiger partial charge >= 0.3 is 0 Å². The lowest BCUT2D eigenvalue weighted by Gasteiger charge is -2.11. The average molecular weight is 438 g/mol. The predicted octanol–water partition coefficient (Wildman–Crippen LogP) is 3.52. The first-order valence-electron chi connectivity index (χ1n) is 9.60. The quantitative estimate of drug-likeness (QED) is 0.501. The van der Waals surface area contributed by atoms with Gasteiger partial charge in [-0.3, -0.25) is 14.3 Å². The second-order valence-electron chi connectivity index (χ2n) is 6.99. The number of benzene rings is 3. The highest BCUT2D eigenvalue weighted by molar-refractivity contribution is 7.91. The van der Waals surface area contributed by atoms with Crippen LogP contribution in [0.3, 0.4) is 0 Å². The van der Waals surface area contributed by atoms with Crippen LogP contribution in [0.1, 0.15) is 28.4 Å². The molecular formula is C23H23N3O4S. The van der Waals surface area contributed by atoms with Crippen LogP contribution in [0.4, 0.5) is 11.4 Å². The Bertz CT molecular complexity index is 1160. The largest absolute Gasteiger partial charge is 0.352 e. The van der Waals surface area contributed by atoms with Crippen LogP contribution in [0.5, 0.6) is 0 Å². The second kappa shape index (κ2) is 9.90. The zero-order valence-electron chi connectivity index (χ0n) is 17.0. The molecule has 0 aliphatic rings. The third kappa shape index (κ3) is 6.97. The molecule has 0 fully saturated rings. The van der Waals surface area contributed by atoms with Crippen LogP contribution in [-0.2, 0) is 27.1 Å². The normalized spacial score (nSPS) is 10.9. The van der Waals surface area contributed by atoms with Crippen molar-refractivity contribution in [1.29, 1.82) is 0 Å². The van der Waals surface area contributed by atoms with Gasteiger partial charge in [-0.1, -0.05) is 48.5 Å². The minimum atomic E-state index is -3.59. The number of nitrogens with one attached hydrogen (secondary N) is 3. The number of carbonyl (C=O) groups excluding carboxylic acids is 2. The minimum Gasteiger partial charge on any atom is -0.352 e. The standard InChI is InChI=1S/C23H23N3O4S/c1-17(27)24-15-18-10-12-20(13-11-18)23(28)25-21-8-5-9-22(14-21)26-31(29,30)16-19-6-3-2-4-7-19/h2-14,26H,15-16H2,1H3,(H,24,27)(H,25,28). The molecule has 0 saturated heterocycles. The molecule has 0 aliphatic carbocycles. The molecule has 7 nitrogen and oxygen atoms in total. The zero-order chi connectivity index (χ0) is 22.3. The van der Waals surface area contributed by atoms with Gasteiger partial charge in [-0.25, -0.2) is 8.42 Å². The molecular weight excluding hydrogens is 414 g/mol. The SMILES string of the molecule is CC(=O)NCc1ccc(C(=O)Nc2cccc(NS(=O)(=O)Cc3ccccc3)c2)cc1. The molecule has 160 valence electrons. The Balaban J connectivity index is 1.63. The Morgan fingerprint density at radius 2 is 1.48 bits per heavy atom. The molecule has 0 spiro atoms. The van der Waals surface area contributed by atoms with Crippen molar-refractivity contribution >= 4 is 33.2 Å². The van der Waals surface area contributed by atoms with Gasteiger partial charge in [0.15, 0.2) is 0 Å². The van der Waals surface area contributed by atoms with E-state index in [1.54, 1.807) is 72.8 Å². The fraction of sp³-hybridized carbons (Fsp3) is 0.130. The Kier molecular flexibility index (Phi) is 7.04. The number of amides is 2. The van der Waals surface area contributed by atoms with Crippen LogP contribution < -0.4 is 15.4 Å². The van der Waals surface area contributed by atoms with Crippen molar-refractivity contribution in [1.82, 2.24) is 5.32 Å². The summed E-state index contributed by atoms with van der Waals surface area (Å²) in [5, 5.41) is 5.46. The highest BCUT2D eigenvalue weighted by Gasteiger charge is 2.13. The third-order valence-electron chi connectivity index (χ3n) is 4.35. The fourth-order valence-electron chi connectivity index (χ4n) is 2.87. The van der Waals surface area contributed by atoms with Gasteiger partial charge in [0.25, 0.3) is 5.91 Å². The smallest absolute Gasteiger partial charge is 0.255 e. The van der Waals surface area contributed by atoms with Crippen LogP contribution in [-0.4, -0.2) is 20.2 Å². The lowest BCUT2D eigenvalue weighted by Crippen LogP contribution is -2.19. The first-order chi connectivity index (χ1) is 14.8. The maximum atomic E-state index is 12.5. The van der Waals surface area contributed by atoms with E-state index in [9.17, 15) is 18.0 Å². The highest BCUT2D eigenvalue weighted by Crippen LogP contribution is 2.19. The van der Waals surface area contributed by atoms with Crippen molar-refractivity contribution in [2.75, 3.05) is 10.0 Å². The summed E-state index contributed by atoms with van der Waals surface area (Å²) in [5.41, 5.74) is 2.83. The monoisotopic (exact) mass is 437 g/mol. The average Bonchev–Trinajstić information content (AvgIpc) is 2.73. The van der Waals surface area contributed by atoms with Crippen LogP contribution in [0.15, 0.2) is 78.9 Å². The van der Waals surface area contributed by atoms with Gasteiger partial charge in [-0.15, -0.1) is 0 Å². The molecule has 3 aromatic carbocycles. The van der Waals surface area contributed by atoms with Crippen molar-refractivity contribution in [3.05, 3.63) is 95.6 Å². The van der Waals surface area contributed by atoms with E-state index in [2.05, 4.69) is 15.4 Å². The number of sulfonamides is 1. The molecule has 8 heteroatoms. The fourth-order valence-corrected chi connectivity index (χ4v) is 4.06. The van der Waals surface area contributed by atoms with E-state index in [-0.39, 0.29) is 17.6 Å². The lowest BCUT2D eigenvalue weighted by atomic mass is 10.1. The van der Waals surface area contributed by atoms with Gasteiger partial charge in [0.1, 0.15) is 0 Å². The molecule has 0 aliphatic heterocycles. The number of anilines is 2. The van der Waals surface area contributed by atoms with Crippen LogP contribution >= 0.6 is 0 Å². The predicted molar refractivity (Wildman–Crippen MR) is 121 cm³/mol. The molecule has 31 heavy (non-hydrogen) atoms. The Morgan fingerprint density at radius 3 is 2.16 bits per heavy atom. The van der Waals surface area contributed by atoms with E-state index in [4.69, 9.17) is 0 Å². The summed E-state index contributed by atoms with van der Waals surface area (Å²) >= 11 is 0. The van der Waals surface area contributed by atoms with Crippen molar-refractivity contribution in [2.24, 2.45) is 0 Å². The number of rotatable bonds is 8. The molecule has 0 saturated carbocycles. The van der Waals surface area contributed by atoms with E-state index < -0.39 is 10.0 Å². The molecule has 0 aromatic heterocycles. The summed E-state index contributed by atoms with van der Waals surface area (Å²) in [6, 6.07) is 22.3. The molecule has 0 bridgehead atoms. The maximum absolute atomic E-state index is 12.5. The third-order valence-corrected chi connectivity index (χ3v) is 5.61. The second-order valence-corrected chi connectivity index (χ2v) is 8.71. The summed E-state index contributed by atoms with van der Waals surface area (Å²) in [5.74, 6) is -0.591. The lowest BCUT2D eigenvalue weighted by molar-refractivity contribution is -0.119. The van der Waals surface area contributed by atoms with Crippen LogP contribution in [0.2, 0.25) is 0 Å². The molecule has 0 radical (unpaired) electrons. The minimum absolute atomic E-state index is 0.124. The Hall–Kier alpha value is -3.65. The van der Waals surface area contributed by atoms with E-state index in [0.29, 0.717) is 29.0 Å².